The Morgan fingerprint density at radius 1 is 0.933 bits per heavy atom. The normalized spacial score (nSPS) is 13.1. The van der Waals surface area contributed by atoms with Gasteiger partial charge in [0.2, 0.25) is 11.8 Å². The summed E-state index contributed by atoms with van der Waals surface area (Å²) in [6.07, 6.45) is 4.66. The molecule has 2 N–H and O–H groups in total. The first-order chi connectivity index (χ1) is 14.2. The molecule has 4 amide bonds. The summed E-state index contributed by atoms with van der Waals surface area (Å²) >= 11 is 0. The lowest BCUT2D eigenvalue weighted by Gasteiger charge is -2.21. The van der Waals surface area contributed by atoms with Gasteiger partial charge < -0.3 is 10.6 Å². The van der Waals surface area contributed by atoms with Crippen LogP contribution in [0.15, 0.2) is 12.2 Å². The summed E-state index contributed by atoms with van der Waals surface area (Å²) in [7, 11) is 0. The first-order valence-corrected chi connectivity index (χ1v) is 10.8. The summed E-state index contributed by atoms with van der Waals surface area (Å²) < 4.78 is 0. The van der Waals surface area contributed by atoms with Crippen molar-refractivity contribution in [2.45, 2.75) is 80.2 Å². The first-order valence-electron chi connectivity index (χ1n) is 10.8. The third-order valence-electron chi connectivity index (χ3n) is 3.96. The molecular formula is C22H39N3O5. The Bertz CT molecular complexity index is 582. The second kappa shape index (κ2) is 17.4. The molecule has 1 rings (SSSR count). The number of carbonyl (C=O) groups excluding carboxylic acids is 5. The quantitative estimate of drug-likeness (QED) is 0.390. The fraction of sp³-hybridized carbons (Fsp3) is 0.682. The van der Waals surface area contributed by atoms with E-state index in [-0.39, 0.29) is 48.3 Å². The van der Waals surface area contributed by atoms with E-state index in [1.807, 2.05) is 41.5 Å². The molecule has 0 bridgehead atoms. The number of hydrogen-bond acceptors (Lipinski definition) is 5. The predicted molar refractivity (Wildman–Crippen MR) is 117 cm³/mol. The Hall–Kier alpha value is -2.51. The van der Waals surface area contributed by atoms with Crippen molar-refractivity contribution >= 4 is 29.4 Å². The van der Waals surface area contributed by atoms with Crippen molar-refractivity contribution in [3.8, 4) is 0 Å². The van der Waals surface area contributed by atoms with Crippen molar-refractivity contribution in [2.24, 2.45) is 5.92 Å². The van der Waals surface area contributed by atoms with E-state index in [9.17, 15) is 24.0 Å². The number of amides is 4. The maximum atomic E-state index is 12.1. The van der Waals surface area contributed by atoms with Crippen molar-refractivity contribution < 1.29 is 24.0 Å². The van der Waals surface area contributed by atoms with Crippen molar-refractivity contribution in [1.82, 2.24) is 15.5 Å². The Labute approximate surface area is 180 Å². The van der Waals surface area contributed by atoms with E-state index in [1.165, 1.54) is 24.0 Å². The SMILES string of the molecule is CC.CC.CC(=O)CNC(=O)C(NC(=O)CCCCCN1C(=O)C=CC1=O)C(C)C. The van der Waals surface area contributed by atoms with Crippen LogP contribution in [0.4, 0.5) is 0 Å². The van der Waals surface area contributed by atoms with Gasteiger partial charge in [-0.3, -0.25) is 28.9 Å². The lowest BCUT2D eigenvalue weighted by Crippen LogP contribution is -2.50. The second-order valence-electron chi connectivity index (χ2n) is 6.68. The van der Waals surface area contributed by atoms with Crippen molar-refractivity contribution in [2.75, 3.05) is 13.1 Å². The zero-order valence-corrected chi connectivity index (χ0v) is 19.5. The third kappa shape index (κ3) is 12.1. The lowest BCUT2D eigenvalue weighted by molar-refractivity contribution is -0.137. The largest absolute Gasteiger partial charge is 0.347 e. The average molecular weight is 426 g/mol. The van der Waals surface area contributed by atoms with Crippen LogP contribution in [0.5, 0.6) is 0 Å². The molecule has 0 aromatic carbocycles. The number of unbranched alkanes of at least 4 members (excludes halogenated alkanes) is 2. The van der Waals surface area contributed by atoms with Gasteiger partial charge in [0.05, 0.1) is 6.54 Å². The summed E-state index contributed by atoms with van der Waals surface area (Å²) in [4.78, 5) is 59.0. The summed E-state index contributed by atoms with van der Waals surface area (Å²) in [5, 5.41) is 5.20. The number of rotatable bonds is 11. The smallest absolute Gasteiger partial charge is 0.253 e. The molecule has 0 fully saturated rings. The molecule has 0 saturated carbocycles. The number of nitrogens with one attached hydrogen (secondary N) is 2. The van der Waals surface area contributed by atoms with Crippen LogP contribution in [0.25, 0.3) is 0 Å². The van der Waals surface area contributed by atoms with Gasteiger partial charge in [-0.25, -0.2) is 0 Å². The number of nitrogens with zero attached hydrogens (tertiary/aromatic N) is 1. The minimum atomic E-state index is -0.687. The number of carbonyl (C=O) groups is 5. The van der Waals surface area contributed by atoms with Crippen LogP contribution in [-0.4, -0.2) is 53.4 Å². The van der Waals surface area contributed by atoms with Crippen LogP contribution >= 0.6 is 0 Å². The van der Waals surface area contributed by atoms with E-state index < -0.39 is 6.04 Å². The lowest BCUT2D eigenvalue weighted by atomic mass is 10.0. The Morgan fingerprint density at radius 2 is 1.47 bits per heavy atom. The van der Waals surface area contributed by atoms with E-state index in [0.29, 0.717) is 25.8 Å². The van der Waals surface area contributed by atoms with Gasteiger partial charge in [0.15, 0.2) is 0 Å². The Morgan fingerprint density at radius 3 is 1.93 bits per heavy atom. The van der Waals surface area contributed by atoms with Gasteiger partial charge in [-0.1, -0.05) is 48.0 Å². The molecule has 0 saturated heterocycles. The first kappa shape index (κ1) is 29.7. The third-order valence-corrected chi connectivity index (χ3v) is 3.96. The van der Waals surface area contributed by atoms with Crippen molar-refractivity contribution in [1.29, 1.82) is 0 Å². The molecule has 1 aliphatic heterocycles. The fourth-order valence-electron chi connectivity index (χ4n) is 2.49. The van der Waals surface area contributed by atoms with Gasteiger partial charge in [-0.05, 0) is 25.7 Å². The van der Waals surface area contributed by atoms with Gasteiger partial charge in [0, 0.05) is 25.1 Å². The van der Waals surface area contributed by atoms with Gasteiger partial charge in [0.1, 0.15) is 11.8 Å². The molecular weight excluding hydrogens is 386 g/mol. The molecule has 1 atom stereocenters. The standard InChI is InChI=1S/C18H27N3O5.2C2H6/c1-12(2)17(18(26)19-11-13(3)22)20-14(23)7-5-4-6-10-21-15(24)8-9-16(21)25;2*1-2/h8-9,12,17H,4-7,10-11H2,1-3H3,(H,19,26)(H,20,23);2*1-2H3. The van der Waals surface area contributed by atoms with Crippen molar-refractivity contribution in [3.05, 3.63) is 12.2 Å². The van der Waals surface area contributed by atoms with Crippen molar-refractivity contribution in [3.63, 3.8) is 0 Å². The molecule has 172 valence electrons. The Balaban J connectivity index is 0. The Kier molecular flexibility index (Phi) is 17.2. The molecule has 8 nitrogen and oxygen atoms in total. The molecule has 0 aromatic rings. The van der Waals surface area contributed by atoms with E-state index in [2.05, 4.69) is 10.6 Å². The minimum Gasteiger partial charge on any atom is -0.347 e. The van der Waals surface area contributed by atoms with Crippen LogP contribution in [0.1, 0.15) is 74.1 Å². The molecule has 0 aliphatic carbocycles. The van der Waals surface area contributed by atoms with Crippen LogP contribution < -0.4 is 10.6 Å². The van der Waals surface area contributed by atoms with Gasteiger partial charge in [-0.2, -0.15) is 0 Å². The molecule has 1 unspecified atom stereocenters. The number of imide groups is 1. The highest BCUT2D eigenvalue weighted by Crippen LogP contribution is 2.08. The van der Waals surface area contributed by atoms with Crippen LogP contribution in [0.2, 0.25) is 0 Å². The van der Waals surface area contributed by atoms with E-state index in [0.717, 1.165) is 0 Å². The summed E-state index contributed by atoms with van der Waals surface area (Å²) in [6.45, 7) is 13.3. The monoisotopic (exact) mass is 425 g/mol. The fourth-order valence-corrected chi connectivity index (χ4v) is 2.49. The molecule has 1 aliphatic rings. The minimum absolute atomic E-state index is 0.0548. The van der Waals surface area contributed by atoms with Crippen LogP contribution in [-0.2, 0) is 24.0 Å². The highest BCUT2D eigenvalue weighted by molar-refractivity contribution is 6.12. The predicted octanol–water partition coefficient (Wildman–Crippen LogP) is 2.37. The number of ketones is 1. The molecule has 0 spiro atoms. The summed E-state index contributed by atoms with van der Waals surface area (Å²) in [6, 6.07) is -0.687. The molecule has 0 radical (unpaired) electrons. The summed E-state index contributed by atoms with van der Waals surface area (Å²) in [5.74, 6) is -1.48. The zero-order chi connectivity index (χ0) is 23.7. The highest BCUT2D eigenvalue weighted by Gasteiger charge is 2.24. The van der Waals surface area contributed by atoms with Gasteiger partial charge in [0.25, 0.3) is 11.8 Å². The van der Waals surface area contributed by atoms with Crippen LogP contribution in [0, 0.1) is 5.92 Å². The maximum absolute atomic E-state index is 12.1. The van der Waals surface area contributed by atoms with E-state index >= 15 is 0 Å². The number of Topliss-reactive ketones (excluding diaryl/α,β-unsaturated/α-hetero) is 1. The second-order valence-corrected chi connectivity index (χ2v) is 6.68. The molecule has 1 heterocycles. The van der Waals surface area contributed by atoms with Gasteiger partial charge in [-0.15, -0.1) is 0 Å². The molecule has 30 heavy (non-hydrogen) atoms. The van der Waals surface area contributed by atoms with E-state index in [1.54, 1.807) is 0 Å². The number of hydrogen-bond donors (Lipinski definition) is 2. The van der Waals surface area contributed by atoms with Crippen LogP contribution in [0.3, 0.4) is 0 Å². The summed E-state index contributed by atoms with van der Waals surface area (Å²) in [5.41, 5.74) is 0. The van der Waals surface area contributed by atoms with E-state index in [4.69, 9.17) is 0 Å². The zero-order valence-electron chi connectivity index (χ0n) is 19.5. The molecule has 8 heteroatoms. The average Bonchev–Trinajstić information content (AvgIpc) is 3.04. The topological polar surface area (TPSA) is 113 Å². The molecule has 0 aromatic heterocycles. The maximum Gasteiger partial charge on any atom is 0.253 e. The van der Waals surface area contributed by atoms with Gasteiger partial charge >= 0.3 is 0 Å². The highest BCUT2D eigenvalue weighted by atomic mass is 16.2.